The topological polar surface area (TPSA) is 6.48 Å². The number of nitrogens with zero attached hydrogens (tertiary/aromatic N) is 2. The molecule has 2 heteroatoms. The van der Waals surface area contributed by atoms with Crippen LogP contribution in [0, 0.1) is 0 Å². The monoisotopic (exact) mass is 930 g/mol. The molecule has 0 aromatic heterocycles. The Balaban J connectivity index is 1.04. The first-order valence-corrected chi connectivity index (χ1v) is 26.4. The van der Waals surface area contributed by atoms with Gasteiger partial charge in [0.05, 0.1) is 0 Å². The molecule has 0 radical (unpaired) electrons. The second kappa shape index (κ2) is 20.1. The maximum absolute atomic E-state index is 2.46. The van der Waals surface area contributed by atoms with Gasteiger partial charge < -0.3 is 9.80 Å². The van der Waals surface area contributed by atoms with Gasteiger partial charge in [-0.25, -0.2) is 0 Å². The first-order chi connectivity index (χ1) is 35.7. The van der Waals surface area contributed by atoms with E-state index < -0.39 is 0 Å². The van der Waals surface area contributed by atoms with Crippen LogP contribution in [-0.2, 0) is 10.8 Å². The van der Waals surface area contributed by atoms with Gasteiger partial charge in [-0.3, -0.25) is 0 Å². The van der Waals surface area contributed by atoms with Crippen molar-refractivity contribution in [1.29, 1.82) is 0 Å². The molecule has 2 aliphatic rings. The van der Waals surface area contributed by atoms with Gasteiger partial charge in [-0.1, -0.05) is 221 Å². The maximum Gasteiger partial charge on any atom is 0.0474 e. The Morgan fingerprint density at radius 1 is 0.236 bits per heavy atom. The fraction of sp³-hybridized carbons (Fsp3) is 0.171. The second-order valence-electron chi connectivity index (χ2n) is 20.3. The third-order valence-electron chi connectivity index (χ3n) is 16.2. The van der Waals surface area contributed by atoms with Gasteiger partial charge in [0.1, 0.15) is 0 Å². The van der Waals surface area contributed by atoms with Gasteiger partial charge in [-0.15, -0.1) is 0 Å². The lowest BCUT2D eigenvalue weighted by molar-refractivity contribution is 0.346. The lowest BCUT2D eigenvalue weighted by atomic mass is 9.65. The molecule has 12 rings (SSSR count). The summed E-state index contributed by atoms with van der Waals surface area (Å²) in [6, 6.07) is 95.3. The Kier molecular flexibility index (Phi) is 12.6. The van der Waals surface area contributed by atoms with Crippen LogP contribution in [0.3, 0.4) is 0 Å². The highest BCUT2D eigenvalue weighted by atomic mass is 15.1. The largest absolute Gasteiger partial charge is 0.310 e. The molecule has 0 atom stereocenters. The second-order valence-corrected chi connectivity index (χ2v) is 20.3. The summed E-state index contributed by atoms with van der Waals surface area (Å²) in [5.41, 5.74) is 17.2. The van der Waals surface area contributed by atoms with Crippen LogP contribution in [0.15, 0.2) is 255 Å². The fourth-order valence-electron chi connectivity index (χ4n) is 12.6. The summed E-state index contributed by atoms with van der Waals surface area (Å²) in [6.07, 6.45) is 12.3. The summed E-state index contributed by atoms with van der Waals surface area (Å²) in [5, 5.41) is 2.41. The van der Waals surface area contributed by atoms with Gasteiger partial charge in [-0.05, 0) is 154 Å². The third kappa shape index (κ3) is 8.60. The average Bonchev–Trinajstić information content (AvgIpc) is 3.47. The minimum Gasteiger partial charge on any atom is -0.310 e. The van der Waals surface area contributed by atoms with Crippen molar-refractivity contribution in [3.63, 3.8) is 0 Å². The Bertz CT molecular complexity index is 3130. The lowest BCUT2D eigenvalue weighted by Gasteiger charge is -2.39. The molecule has 2 fully saturated rings. The number of hydrogen-bond acceptors (Lipinski definition) is 2. The molecule has 0 amide bonds. The van der Waals surface area contributed by atoms with E-state index in [2.05, 4.69) is 265 Å². The number of anilines is 6. The van der Waals surface area contributed by atoms with E-state index in [0.29, 0.717) is 0 Å². The molecule has 0 aliphatic heterocycles. The van der Waals surface area contributed by atoms with Gasteiger partial charge in [0.25, 0.3) is 0 Å². The zero-order valence-corrected chi connectivity index (χ0v) is 41.2. The minimum absolute atomic E-state index is 0.0245. The lowest BCUT2D eigenvalue weighted by Crippen LogP contribution is -2.30. The molecule has 2 saturated carbocycles. The molecule has 0 heterocycles. The van der Waals surface area contributed by atoms with E-state index in [4.69, 9.17) is 0 Å². The van der Waals surface area contributed by atoms with Crippen LogP contribution in [-0.4, -0.2) is 0 Å². The van der Waals surface area contributed by atoms with Crippen molar-refractivity contribution in [3.8, 4) is 22.3 Å². The van der Waals surface area contributed by atoms with Gasteiger partial charge >= 0.3 is 0 Å². The highest BCUT2D eigenvalue weighted by molar-refractivity contribution is 6.09. The van der Waals surface area contributed by atoms with E-state index in [1.54, 1.807) is 0 Å². The standard InChI is InChI=1S/C70H62N2/c1-9-25-53(26-10-1)65-49-63(71(59-33-17-5-18-34-59)61-41-37-57(38-42-61)69(45-21-7-22-46-69)55-29-13-3-14-30-55)52-68-66(54-27-11-2-12-28-54)50-64(51-67(65)68)72(60-35-19-6-20-36-60)62-43-39-58(40-44-62)70(47-23-8-24-48-70)56-31-15-4-16-32-56/h1-6,9-20,25-44,49-52H,7-8,21-24,45-48H2. The normalized spacial score (nSPS) is 15.2. The number of benzene rings is 10. The number of rotatable bonds is 12. The number of hydrogen-bond donors (Lipinski definition) is 0. The molecule has 10 aromatic rings. The van der Waals surface area contributed by atoms with Crippen molar-refractivity contribution in [2.24, 2.45) is 0 Å². The van der Waals surface area contributed by atoms with Crippen LogP contribution in [0.5, 0.6) is 0 Å². The van der Waals surface area contributed by atoms with Crippen LogP contribution in [0.1, 0.15) is 86.5 Å². The van der Waals surface area contributed by atoms with Crippen molar-refractivity contribution in [1.82, 2.24) is 0 Å². The highest BCUT2D eigenvalue weighted by Crippen LogP contribution is 2.50. The van der Waals surface area contributed by atoms with Crippen LogP contribution >= 0.6 is 0 Å². The first kappa shape index (κ1) is 45.2. The Labute approximate surface area is 426 Å². The molecular weight excluding hydrogens is 869 g/mol. The third-order valence-corrected chi connectivity index (χ3v) is 16.2. The molecule has 0 N–H and O–H groups in total. The molecule has 2 nitrogen and oxygen atoms in total. The quantitative estimate of drug-likeness (QED) is 0.120. The predicted molar refractivity (Wildman–Crippen MR) is 305 cm³/mol. The molecule has 2 aliphatic carbocycles. The zero-order chi connectivity index (χ0) is 48.2. The van der Waals surface area contributed by atoms with E-state index in [-0.39, 0.29) is 10.8 Å². The van der Waals surface area contributed by atoms with Crippen LogP contribution in [0.2, 0.25) is 0 Å². The number of para-hydroxylation sites is 2. The van der Waals surface area contributed by atoms with E-state index in [9.17, 15) is 0 Å². The number of fused-ring (bicyclic) bond motifs is 1. The smallest absolute Gasteiger partial charge is 0.0474 e. The minimum atomic E-state index is 0.0245. The first-order valence-electron chi connectivity index (χ1n) is 26.4. The SMILES string of the molecule is c1ccc(-c2cc(N(c3ccccc3)c3ccc(C4(c5ccccc5)CCCCC4)cc3)cc3c(-c4ccccc4)cc(N(c4ccccc4)c4ccc(C5(c6ccccc6)CCCCC5)cc4)cc23)cc1. The molecule has 72 heavy (non-hydrogen) atoms. The van der Waals surface area contributed by atoms with Crippen LogP contribution in [0.4, 0.5) is 34.1 Å². The van der Waals surface area contributed by atoms with Crippen LogP contribution < -0.4 is 9.80 Å². The average molecular weight is 931 g/mol. The molecule has 0 saturated heterocycles. The Hall–Kier alpha value is -7.94. The van der Waals surface area contributed by atoms with Gasteiger partial charge in [0.2, 0.25) is 0 Å². The summed E-state index contributed by atoms with van der Waals surface area (Å²) in [7, 11) is 0. The zero-order valence-electron chi connectivity index (χ0n) is 41.2. The summed E-state index contributed by atoms with van der Waals surface area (Å²) in [4.78, 5) is 4.92. The molecular formula is C70H62N2. The van der Waals surface area contributed by atoms with Gasteiger partial charge in [-0.2, -0.15) is 0 Å². The van der Waals surface area contributed by atoms with Crippen molar-refractivity contribution in [3.05, 3.63) is 277 Å². The van der Waals surface area contributed by atoms with E-state index in [1.807, 2.05) is 0 Å². The summed E-state index contributed by atoms with van der Waals surface area (Å²) in [6.45, 7) is 0. The summed E-state index contributed by atoms with van der Waals surface area (Å²) < 4.78 is 0. The molecule has 0 bridgehead atoms. The van der Waals surface area contributed by atoms with Crippen molar-refractivity contribution >= 4 is 44.9 Å². The molecule has 0 spiro atoms. The van der Waals surface area contributed by atoms with Crippen LogP contribution in [0.25, 0.3) is 33.0 Å². The van der Waals surface area contributed by atoms with E-state index >= 15 is 0 Å². The summed E-state index contributed by atoms with van der Waals surface area (Å²) in [5.74, 6) is 0. The predicted octanol–water partition coefficient (Wildman–Crippen LogP) is 19.6. The highest BCUT2D eigenvalue weighted by Gasteiger charge is 2.37. The van der Waals surface area contributed by atoms with E-state index in [0.717, 1.165) is 34.1 Å². The molecule has 352 valence electrons. The molecule has 10 aromatic carbocycles. The summed E-state index contributed by atoms with van der Waals surface area (Å²) >= 11 is 0. The van der Waals surface area contributed by atoms with E-state index in [1.165, 1.54) is 119 Å². The van der Waals surface area contributed by atoms with Gasteiger partial charge in [0.15, 0.2) is 0 Å². The Morgan fingerprint density at radius 2 is 0.514 bits per heavy atom. The Morgan fingerprint density at radius 3 is 0.847 bits per heavy atom. The molecule has 0 unspecified atom stereocenters. The van der Waals surface area contributed by atoms with Crippen molar-refractivity contribution in [2.75, 3.05) is 9.80 Å². The maximum atomic E-state index is 2.46. The fourth-order valence-corrected chi connectivity index (χ4v) is 12.6. The van der Waals surface area contributed by atoms with Crippen molar-refractivity contribution < 1.29 is 0 Å². The van der Waals surface area contributed by atoms with Crippen molar-refractivity contribution in [2.45, 2.75) is 75.0 Å². The van der Waals surface area contributed by atoms with Gasteiger partial charge in [0, 0.05) is 45.0 Å².